The van der Waals surface area contributed by atoms with E-state index in [1.165, 1.54) is 11.3 Å². The fraction of sp³-hybridized carbons (Fsp3) is 0.545. The van der Waals surface area contributed by atoms with Gasteiger partial charge < -0.3 is 10.1 Å². The second-order valence-electron chi connectivity index (χ2n) is 9.03. The van der Waals surface area contributed by atoms with Crippen LogP contribution in [0.3, 0.4) is 0 Å². The van der Waals surface area contributed by atoms with Crippen molar-refractivity contribution >= 4 is 28.1 Å². The van der Waals surface area contributed by atoms with Gasteiger partial charge in [-0.15, -0.1) is 11.3 Å². The molecule has 1 aliphatic heterocycles. The molecule has 0 spiro atoms. The highest BCUT2D eigenvalue weighted by molar-refractivity contribution is 7.14. The Morgan fingerprint density at radius 2 is 1.93 bits per heavy atom. The molecule has 0 radical (unpaired) electrons. The summed E-state index contributed by atoms with van der Waals surface area (Å²) in [4.78, 5) is 21.2. The van der Waals surface area contributed by atoms with Crippen molar-refractivity contribution in [2.45, 2.75) is 58.7 Å². The summed E-state index contributed by atoms with van der Waals surface area (Å²) in [5.74, 6) is 0.704. The van der Waals surface area contributed by atoms with Crippen molar-refractivity contribution in [3.63, 3.8) is 0 Å². The average molecular weight is 417 g/mol. The summed E-state index contributed by atoms with van der Waals surface area (Å²) in [7, 11) is 1.63. The maximum Gasteiger partial charge on any atom is 0.230 e. The van der Waals surface area contributed by atoms with Gasteiger partial charge in [0, 0.05) is 43.0 Å². The van der Waals surface area contributed by atoms with Crippen molar-refractivity contribution in [3.05, 3.63) is 35.3 Å². The molecule has 0 aliphatic carbocycles. The number of thiazole rings is 1. The molecule has 29 heavy (non-hydrogen) atoms. The standard InChI is InChI=1S/C22H32N4O2S/c1-16(27)26(18-7-9-19(28-6)10-8-18)20-23-17(14-29-20)13-25-12-11-21(2,3)24-22(4,5)15-25/h7-10,14,24H,11-13,15H2,1-6H3. The SMILES string of the molecule is COc1ccc(N(C(C)=O)c2nc(CN3CCC(C)(C)NC(C)(C)C3)cs2)cc1. The zero-order chi connectivity index (χ0) is 21.2. The Bertz CT molecular complexity index is 845. The first-order valence-electron chi connectivity index (χ1n) is 9.99. The van der Waals surface area contributed by atoms with Gasteiger partial charge in [-0.2, -0.15) is 0 Å². The second kappa shape index (κ2) is 8.42. The minimum Gasteiger partial charge on any atom is -0.497 e. The minimum absolute atomic E-state index is 0.0351. The van der Waals surface area contributed by atoms with Gasteiger partial charge in [-0.05, 0) is 58.4 Å². The number of hydrogen-bond donors (Lipinski definition) is 1. The Balaban J connectivity index is 1.77. The summed E-state index contributed by atoms with van der Waals surface area (Å²) >= 11 is 1.50. The number of anilines is 2. The Morgan fingerprint density at radius 3 is 2.55 bits per heavy atom. The molecule has 1 amide bonds. The van der Waals surface area contributed by atoms with Crippen LogP contribution in [0.4, 0.5) is 10.8 Å². The highest BCUT2D eigenvalue weighted by Crippen LogP contribution is 2.31. The summed E-state index contributed by atoms with van der Waals surface area (Å²) in [5.41, 5.74) is 1.94. The van der Waals surface area contributed by atoms with Crippen molar-refractivity contribution in [1.29, 1.82) is 0 Å². The first-order chi connectivity index (χ1) is 13.6. The molecule has 0 saturated carbocycles. The van der Waals surface area contributed by atoms with E-state index in [9.17, 15) is 4.79 Å². The third-order valence-electron chi connectivity index (χ3n) is 5.11. The lowest BCUT2D eigenvalue weighted by Gasteiger charge is -2.34. The molecule has 3 rings (SSSR count). The van der Waals surface area contributed by atoms with Crippen molar-refractivity contribution in [3.8, 4) is 5.75 Å². The molecule has 158 valence electrons. The van der Waals surface area contributed by atoms with Crippen LogP contribution in [0.15, 0.2) is 29.6 Å². The molecule has 2 heterocycles. The van der Waals surface area contributed by atoms with Crippen LogP contribution in [-0.2, 0) is 11.3 Å². The molecule has 7 heteroatoms. The maximum absolute atomic E-state index is 12.3. The number of rotatable bonds is 5. The number of ether oxygens (including phenoxy) is 1. The minimum atomic E-state index is -0.0575. The van der Waals surface area contributed by atoms with Crippen LogP contribution in [0.1, 0.15) is 46.7 Å². The Morgan fingerprint density at radius 1 is 1.24 bits per heavy atom. The molecule has 1 fully saturated rings. The van der Waals surface area contributed by atoms with E-state index >= 15 is 0 Å². The van der Waals surface area contributed by atoms with Crippen LogP contribution in [-0.4, -0.2) is 47.1 Å². The summed E-state index contributed by atoms with van der Waals surface area (Å²) in [5, 5.41) is 6.52. The van der Waals surface area contributed by atoms with E-state index in [1.54, 1.807) is 18.9 Å². The molecule has 6 nitrogen and oxygen atoms in total. The lowest BCUT2D eigenvalue weighted by Crippen LogP contribution is -2.53. The molecule has 1 aromatic heterocycles. The average Bonchev–Trinajstić information content (AvgIpc) is 3.02. The molecule has 1 saturated heterocycles. The van der Waals surface area contributed by atoms with Crippen molar-refractivity contribution in [2.24, 2.45) is 0 Å². The van der Waals surface area contributed by atoms with Gasteiger partial charge in [0.25, 0.3) is 0 Å². The van der Waals surface area contributed by atoms with Crippen LogP contribution >= 0.6 is 11.3 Å². The predicted molar refractivity (Wildman–Crippen MR) is 119 cm³/mol. The van der Waals surface area contributed by atoms with E-state index in [0.717, 1.165) is 43.2 Å². The predicted octanol–water partition coefficient (Wildman–Crippen LogP) is 4.19. The van der Waals surface area contributed by atoms with Crippen molar-refractivity contribution in [2.75, 3.05) is 25.1 Å². The van der Waals surface area contributed by atoms with Crippen LogP contribution in [0.5, 0.6) is 5.75 Å². The molecule has 1 N–H and O–H groups in total. The summed E-state index contributed by atoms with van der Waals surface area (Å²) in [6.45, 7) is 13.4. The van der Waals surface area contributed by atoms with E-state index in [1.807, 2.05) is 24.3 Å². The monoisotopic (exact) mass is 416 g/mol. The zero-order valence-electron chi connectivity index (χ0n) is 18.3. The molecule has 1 aromatic carbocycles. The molecular weight excluding hydrogens is 384 g/mol. The molecule has 0 bridgehead atoms. The van der Waals surface area contributed by atoms with E-state index in [4.69, 9.17) is 9.72 Å². The third kappa shape index (κ3) is 5.56. The Hall–Kier alpha value is -1.96. The smallest absolute Gasteiger partial charge is 0.230 e. The molecule has 0 unspecified atom stereocenters. The Kier molecular flexibility index (Phi) is 6.31. The number of nitrogens with zero attached hydrogens (tertiary/aromatic N) is 3. The van der Waals surface area contributed by atoms with Crippen LogP contribution in [0.2, 0.25) is 0 Å². The van der Waals surface area contributed by atoms with Gasteiger partial charge >= 0.3 is 0 Å². The number of amides is 1. The number of nitrogens with one attached hydrogen (secondary N) is 1. The van der Waals surface area contributed by atoms with E-state index in [2.05, 4.69) is 43.3 Å². The molecular formula is C22H32N4O2S. The fourth-order valence-corrected chi connectivity index (χ4v) is 4.97. The van der Waals surface area contributed by atoms with Crippen LogP contribution < -0.4 is 15.0 Å². The topological polar surface area (TPSA) is 57.7 Å². The van der Waals surface area contributed by atoms with Gasteiger partial charge in [0.2, 0.25) is 5.91 Å². The fourth-order valence-electron chi connectivity index (χ4n) is 4.09. The van der Waals surface area contributed by atoms with Gasteiger partial charge in [-0.3, -0.25) is 14.6 Å². The van der Waals surface area contributed by atoms with E-state index in [-0.39, 0.29) is 17.0 Å². The summed E-state index contributed by atoms with van der Waals surface area (Å²) in [6, 6.07) is 7.47. The number of benzene rings is 1. The van der Waals surface area contributed by atoms with Gasteiger partial charge in [0.15, 0.2) is 5.13 Å². The zero-order valence-corrected chi connectivity index (χ0v) is 19.1. The van der Waals surface area contributed by atoms with Gasteiger partial charge in [-0.1, -0.05) is 0 Å². The van der Waals surface area contributed by atoms with E-state index < -0.39 is 0 Å². The highest BCUT2D eigenvalue weighted by atomic mass is 32.1. The first kappa shape index (κ1) is 21.7. The van der Waals surface area contributed by atoms with Gasteiger partial charge in [0.05, 0.1) is 18.5 Å². The maximum atomic E-state index is 12.3. The lowest BCUT2D eigenvalue weighted by molar-refractivity contribution is -0.115. The first-order valence-corrected chi connectivity index (χ1v) is 10.9. The quantitative estimate of drug-likeness (QED) is 0.792. The van der Waals surface area contributed by atoms with Crippen LogP contribution in [0, 0.1) is 0 Å². The van der Waals surface area contributed by atoms with E-state index in [0.29, 0.717) is 5.13 Å². The number of carbonyl (C=O) groups excluding carboxylic acids is 1. The highest BCUT2D eigenvalue weighted by Gasteiger charge is 2.33. The number of methoxy groups -OCH3 is 1. The van der Waals surface area contributed by atoms with Crippen molar-refractivity contribution in [1.82, 2.24) is 15.2 Å². The molecule has 0 atom stereocenters. The number of aromatic nitrogens is 1. The van der Waals surface area contributed by atoms with Crippen LogP contribution in [0.25, 0.3) is 0 Å². The molecule has 1 aliphatic rings. The van der Waals surface area contributed by atoms with Crippen molar-refractivity contribution < 1.29 is 9.53 Å². The summed E-state index contributed by atoms with van der Waals surface area (Å²) in [6.07, 6.45) is 1.08. The number of hydrogen-bond acceptors (Lipinski definition) is 6. The third-order valence-corrected chi connectivity index (χ3v) is 5.99. The van der Waals surface area contributed by atoms with Gasteiger partial charge in [-0.25, -0.2) is 4.98 Å². The largest absolute Gasteiger partial charge is 0.497 e. The molecule has 2 aromatic rings. The normalized spacial score (nSPS) is 18.8. The lowest BCUT2D eigenvalue weighted by atomic mass is 9.96. The second-order valence-corrected chi connectivity index (χ2v) is 9.86. The summed E-state index contributed by atoms with van der Waals surface area (Å²) < 4.78 is 5.22. The Labute approximate surface area is 177 Å². The number of carbonyl (C=O) groups is 1. The van der Waals surface area contributed by atoms with Gasteiger partial charge in [0.1, 0.15) is 5.75 Å².